The summed E-state index contributed by atoms with van der Waals surface area (Å²) in [5.74, 6) is 0.463. The zero-order valence-corrected chi connectivity index (χ0v) is 17.4. The number of carbonyl (C=O) groups is 2. The van der Waals surface area contributed by atoms with Gasteiger partial charge in [-0.3, -0.25) is 9.59 Å². The Morgan fingerprint density at radius 1 is 1.00 bits per heavy atom. The maximum absolute atomic E-state index is 12.5. The van der Waals surface area contributed by atoms with Crippen molar-refractivity contribution in [1.29, 1.82) is 0 Å². The van der Waals surface area contributed by atoms with Gasteiger partial charge in [0.25, 0.3) is 0 Å². The third kappa shape index (κ3) is 5.43. The quantitative estimate of drug-likeness (QED) is 0.644. The second-order valence-electron chi connectivity index (χ2n) is 7.01. The van der Waals surface area contributed by atoms with Gasteiger partial charge in [0.2, 0.25) is 0 Å². The molecular weight excluding hydrogens is 384 g/mol. The summed E-state index contributed by atoms with van der Waals surface area (Å²) in [5.41, 5.74) is 1.34. The molecule has 0 radical (unpaired) electrons. The van der Waals surface area contributed by atoms with E-state index in [1.807, 2.05) is 38.1 Å². The lowest BCUT2D eigenvalue weighted by Crippen LogP contribution is -2.39. The van der Waals surface area contributed by atoms with E-state index in [2.05, 4.69) is 10.6 Å². The molecule has 0 bridgehead atoms. The number of fused-ring (bicyclic) bond motifs is 1. The third-order valence-electron chi connectivity index (χ3n) is 4.60. The third-order valence-corrected chi connectivity index (χ3v) is 4.60. The van der Waals surface area contributed by atoms with E-state index in [1.165, 1.54) is 0 Å². The van der Waals surface area contributed by atoms with Crippen LogP contribution < -0.4 is 24.8 Å². The lowest BCUT2D eigenvalue weighted by atomic mass is 10.0. The van der Waals surface area contributed by atoms with E-state index in [0.717, 1.165) is 24.2 Å². The van der Waals surface area contributed by atoms with E-state index < -0.39 is 11.8 Å². The lowest BCUT2D eigenvalue weighted by molar-refractivity contribution is -0.136. The van der Waals surface area contributed by atoms with Gasteiger partial charge in [0.05, 0.1) is 25.9 Å². The number of nitrogens with one attached hydrogen (secondary N) is 2. The number of ether oxygens (including phenoxy) is 3. The molecule has 7 heteroatoms. The fourth-order valence-electron chi connectivity index (χ4n) is 3.15. The highest BCUT2D eigenvalue weighted by atomic mass is 16.5. The van der Waals surface area contributed by atoms with Gasteiger partial charge < -0.3 is 24.8 Å². The Balaban J connectivity index is 1.65. The van der Waals surface area contributed by atoms with Gasteiger partial charge in [0.1, 0.15) is 5.75 Å². The van der Waals surface area contributed by atoms with E-state index in [-0.39, 0.29) is 6.04 Å². The highest BCUT2D eigenvalue weighted by molar-refractivity contribution is 6.39. The van der Waals surface area contributed by atoms with Gasteiger partial charge in [-0.25, -0.2) is 0 Å². The largest absolute Gasteiger partial charge is 0.493 e. The molecule has 1 unspecified atom stereocenters. The van der Waals surface area contributed by atoms with E-state index in [1.54, 1.807) is 18.2 Å². The molecule has 1 heterocycles. The number of carbonyl (C=O) groups excluding carboxylic acids is 2. The fourth-order valence-corrected chi connectivity index (χ4v) is 3.15. The molecule has 2 N–H and O–H groups in total. The minimum absolute atomic E-state index is 0.263. The van der Waals surface area contributed by atoms with Crippen LogP contribution >= 0.6 is 0 Å². The number of rotatable bonds is 8. The van der Waals surface area contributed by atoms with Crippen LogP contribution in [-0.4, -0.2) is 31.6 Å². The van der Waals surface area contributed by atoms with E-state index in [9.17, 15) is 9.59 Å². The topological polar surface area (TPSA) is 85.9 Å². The number of hydrogen-bond donors (Lipinski definition) is 2. The van der Waals surface area contributed by atoms with Crippen LogP contribution in [-0.2, 0) is 9.59 Å². The monoisotopic (exact) mass is 412 g/mol. The van der Waals surface area contributed by atoms with Crippen molar-refractivity contribution >= 4 is 17.5 Å². The van der Waals surface area contributed by atoms with Gasteiger partial charge in [-0.2, -0.15) is 0 Å². The summed E-state index contributed by atoms with van der Waals surface area (Å²) in [4.78, 5) is 24.9. The van der Waals surface area contributed by atoms with Crippen molar-refractivity contribution in [1.82, 2.24) is 5.32 Å². The smallest absolute Gasteiger partial charge is 0.313 e. The van der Waals surface area contributed by atoms with Crippen LogP contribution in [0, 0.1) is 0 Å². The zero-order chi connectivity index (χ0) is 21.3. The van der Waals surface area contributed by atoms with Crippen molar-refractivity contribution in [2.45, 2.75) is 39.2 Å². The summed E-state index contributed by atoms with van der Waals surface area (Å²) in [6, 6.07) is 12.4. The molecule has 1 aliphatic rings. The van der Waals surface area contributed by atoms with Gasteiger partial charge in [-0.15, -0.1) is 0 Å². The van der Waals surface area contributed by atoms with Crippen LogP contribution in [0.15, 0.2) is 42.5 Å². The van der Waals surface area contributed by atoms with Gasteiger partial charge in [0.15, 0.2) is 11.5 Å². The first-order valence-electron chi connectivity index (χ1n) is 10.4. The maximum atomic E-state index is 12.5. The SMILES string of the molecule is CCCOc1ccc(NC(=O)C(=O)NC2CCOc3ccccc32)cc1OCCC. The van der Waals surface area contributed by atoms with Crippen LogP contribution in [0.5, 0.6) is 17.2 Å². The molecule has 2 aromatic rings. The predicted octanol–water partition coefficient (Wildman–Crippen LogP) is 3.84. The number of para-hydroxylation sites is 1. The normalized spacial score (nSPS) is 14.8. The molecule has 0 spiro atoms. The summed E-state index contributed by atoms with van der Waals surface area (Å²) >= 11 is 0. The number of hydrogen-bond acceptors (Lipinski definition) is 5. The summed E-state index contributed by atoms with van der Waals surface area (Å²) in [5, 5.41) is 5.43. The highest BCUT2D eigenvalue weighted by Crippen LogP contribution is 2.32. The number of benzene rings is 2. The van der Waals surface area contributed by atoms with Crippen molar-refractivity contribution in [3.05, 3.63) is 48.0 Å². The second-order valence-corrected chi connectivity index (χ2v) is 7.01. The van der Waals surface area contributed by atoms with Crippen molar-refractivity contribution < 1.29 is 23.8 Å². The molecule has 0 saturated carbocycles. The van der Waals surface area contributed by atoms with Crippen molar-refractivity contribution in [2.24, 2.45) is 0 Å². The predicted molar refractivity (Wildman–Crippen MR) is 114 cm³/mol. The lowest BCUT2D eigenvalue weighted by Gasteiger charge is -2.26. The maximum Gasteiger partial charge on any atom is 0.313 e. The fraction of sp³-hybridized carbons (Fsp3) is 0.391. The highest BCUT2D eigenvalue weighted by Gasteiger charge is 2.25. The van der Waals surface area contributed by atoms with Crippen molar-refractivity contribution in [3.63, 3.8) is 0 Å². The van der Waals surface area contributed by atoms with Gasteiger partial charge in [0, 0.05) is 23.7 Å². The minimum Gasteiger partial charge on any atom is -0.493 e. The Morgan fingerprint density at radius 3 is 2.50 bits per heavy atom. The molecule has 0 saturated heterocycles. The summed E-state index contributed by atoms with van der Waals surface area (Å²) in [6.07, 6.45) is 2.33. The van der Waals surface area contributed by atoms with Crippen LogP contribution in [0.3, 0.4) is 0 Å². The summed E-state index contributed by atoms with van der Waals surface area (Å²) < 4.78 is 17.0. The standard InChI is InChI=1S/C23H28N2O5/c1-3-12-28-20-10-9-16(15-21(20)29-13-4-2)24-22(26)23(27)25-18-11-14-30-19-8-6-5-7-17(18)19/h5-10,15,18H,3-4,11-14H2,1-2H3,(H,24,26)(H,25,27). The average molecular weight is 412 g/mol. The summed E-state index contributed by atoms with van der Waals surface area (Å²) in [7, 11) is 0. The van der Waals surface area contributed by atoms with E-state index in [0.29, 0.717) is 43.4 Å². The molecular formula is C23H28N2O5. The summed E-state index contributed by atoms with van der Waals surface area (Å²) in [6.45, 7) is 5.63. The molecule has 1 aliphatic heterocycles. The molecule has 3 rings (SSSR count). The molecule has 2 amide bonds. The molecule has 2 aromatic carbocycles. The Morgan fingerprint density at radius 2 is 1.73 bits per heavy atom. The van der Waals surface area contributed by atoms with Gasteiger partial charge >= 0.3 is 11.8 Å². The van der Waals surface area contributed by atoms with Crippen LogP contribution in [0.4, 0.5) is 5.69 Å². The van der Waals surface area contributed by atoms with Gasteiger partial charge in [-0.1, -0.05) is 32.0 Å². The Bertz CT molecular complexity index is 884. The zero-order valence-electron chi connectivity index (χ0n) is 17.4. The Kier molecular flexibility index (Phi) is 7.54. The molecule has 30 heavy (non-hydrogen) atoms. The average Bonchev–Trinajstić information content (AvgIpc) is 2.77. The number of anilines is 1. The Hall–Kier alpha value is -3.22. The molecule has 7 nitrogen and oxygen atoms in total. The Labute approximate surface area is 176 Å². The molecule has 0 fully saturated rings. The van der Waals surface area contributed by atoms with E-state index >= 15 is 0 Å². The van der Waals surface area contributed by atoms with E-state index in [4.69, 9.17) is 14.2 Å². The molecule has 0 aromatic heterocycles. The second kappa shape index (κ2) is 10.5. The van der Waals surface area contributed by atoms with Gasteiger partial charge in [-0.05, 0) is 31.0 Å². The molecule has 1 atom stereocenters. The first-order chi connectivity index (χ1) is 14.6. The first-order valence-corrected chi connectivity index (χ1v) is 10.4. The molecule has 0 aliphatic carbocycles. The van der Waals surface area contributed by atoms with Crippen LogP contribution in [0.1, 0.15) is 44.7 Å². The van der Waals surface area contributed by atoms with Crippen molar-refractivity contribution in [2.75, 3.05) is 25.1 Å². The van der Waals surface area contributed by atoms with Crippen LogP contribution in [0.25, 0.3) is 0 Å². The first kappa shape index (κ1) is 21.5. The molecule has 160 valence electrons. The minimum atomic E-state index is -0.734. The van der Waals surface area contributed by atoms with Crippen LogP contribution in [0.2, 0.25) is 0 Å². The number of amides is 2. The van der Waals surface area contributed by atoms with Crippen molar-refractivity contribution in [3.8, 4) is 17.2 Å².